The van der Waals surface area contributed by atoms with Gasteiger partial charge >= 0.3 is 0 Å². The Balaban J connectivity index is 1.74. The monoisotopic (exact) mass is 421 g/mol. The lowest BCUT2D eigenvalue weighted by molar-refractivity contribution is 0.0935. The molecule has 1 heterocycles. The zero-order valence-corrected chi connectivity index (χ0v) is 16.3. The van der Waals surface area contributed by atoms with Crippen LogP contribution in [0.25, 0.3) is 0 Å². The molecule has 0 saturated carbocycles. The molecule has 0 saturated heterocycles. The average Bonchev–Trinajstić information content (AvgIpc) is 3.15. The predicted octanol–water partition coefficient (Wildman–Crippen LogP) is 4.10. The van der Waals surface area contributed by atoms with Crippen LogP contribution in [0.2, 0.25) is 5.02 Å². The van der Waals surface area contributed by atoms with Crippen molar-refractivity contribution in [3.8, 4) is 0 Å². The number of para-hydroxylation sites is 1. The highest BCUT2D eigenvalue weighted by Crippen LogP contribution is 2.21. The zero-order valence-electron chi connectivity index (χ0n) is 14.7. The minimum absolute atomic E-state index is 0.0581. The number of anilines is 1. The Morgan fingerprint density at radius 2 is 1.89 bits per heavy atom. The number of carbonyl (C=O) groups excluding carboxylic acids is 1. The van der Waals surface area contributed by atoms with Gasteiger partial charge in [-0.25, -0.2) is 12.8 Å². The van der Waals surface area contributed by atoms with E-state index in [4.69, 9.17) is 11.6 Å². The van der Waals surface area contributed by atoms with Crippen molar-refractivity contribution in [2.24, 2.45) is 0 Å². The summed E-state index contributed by atoms with van der Waals surface area (Å²) >= 11 is 5.95. The maximum Gasteiger partial charge on any atom is 0.268 e. The molecule has 6 nitrogen and oxygen atoms in total. The number of amides is 1. The summed E-state index contributed by atoms with van der Waals surface area (Å²) in [6.45, 7) is 1.78. The number of aromatic amines is 1. The van der Waals surface area contributed by atoms with Crippen LogP contribution in [0.5, 0.6) is 0 Å². The molecule has 3 aromatic rings. The van der Waals surface area contributed by atoms with E-state index >= 15 is 0 Å². The van der Waals surface area contributed by atoms with Crippen molar-refractivity contribution in [2.45, 2.75) is 17.9 Å². The molecule has 28 heavy (non-hydrogen) atoms. The molecule has 0 bridgehead atoms. The second kappa shape index (κ2) is 8.04. The van der Waals surface area contributed by atoms with Gasteiger partial charge in [-0.15, -0.1) is 0 Å². The number of benzene rings is 2. The van der Waals surface area contributed by atoms with Gasteiger partial charge in [0.25, 0.3) is 15.9 Å². The highest BCUT2D eigenvalue weighted by Gasteiger charge is 2.21. The number of halogens is 2. The average molecular weight is 422 g/mol. The minimum Gasteiger partial charge on any atom is -0.356 e. The molecule has 1 amide bonds. The number of nitrogens with one attached hydrogen (secondary N) is 3. The van der Waals surface area contributed by atoms with E-state index in [9.17, 15) is 17.6 Å². The fraction of sp³-hybridized carbons (Fsp3) is 0.105. The first-order valence-corrected chi connectivity index (χ1v) is 10.1. The van der Waals surface area contributed by atoms with E-state index in [0.29, 0.717) is 5.02 Å². The summed E-state index contributed by atoms with van der Waals surface area (Å²) in [6.07, 6.45) is 1.17. The van der Waals surface area contributed by atoms with Gasteiger partial charge in [-0.1, -0.05) is 35.9 Å². The van der Waals surface area contributed by atoms with Crippen molar-refractivity contribution < 1.29 is 17.6 Å². The number of H-pyrrole nitrogens is 1. The predicted molar refractivity (Wildman–Crippen MR) is 105 cm³/mol. The van der Waals surface area contributed by atoms with Gasteiger partial charge in [0.1, 0.15) is 16.4 Å². The van der Waals surface area contributed by atoms with Gasteiger partial charge < -0.3 is 10.3 Å². The van der Waals surface area contributed by atoms with E-state index in [1.165, 1.54) is 30.5 Å². The lowest BCUT2D eigenvalue weighted by Gasteiger charge is -2.14. The van der Waals surface area contributed by atoms with Crippen molar-refractivity contribution in [1.82, 2.24) is 10.3 Å². The van der Waals surface area contributed by atoms with E-state index in [1.54, 1.807) is 25.1 Å². The second-order valence-electron chi connectivity index (χ2n) is 6.08. The number of rotatable bonds is 6. The third-order valence-electron chi connectivity index (χ3n) is 4.03. The number of carbonyl (C=O) groups is 1. The maximum absolute atomic E-state index is 13.7. The summed E-state index contributed by atoms with van der Waals surface area (Å²) in [5, 5.41) is 3.31. The number of sulfonamides is 1. The Morgan fingerprint density at radius 1 is 1.14 bits per heavy atom. The van der Waals surface area contributed by atoms with Gasteiger partial charge in [-0.2, -0.15) is 0 Å². The van der Waals surface area contributed by atoms with Crippen LogP contribution >= 0.6 is 11.6 Å². The molecule has 9 heteroatoms. The van der Waals surface area contributed by atoms with Crippen LogP contribution in [0.4, 0.5) is 10.1 Å². The first-order valence-electron chi connectivity index (χ1n) is 8.28. The molecule has 3 rings (SSSR count). The molecule has 1 atom stereocenters. The minimum atomic E-state index is -4.05. The Labute approximate surface area is 166 Å². The number of hydrogen-bond acceptors (Lipinski definition) is 3. The van der Waals surface area contributed by atoms with Crippen molar-refractivity contribution in [3.63, 3.8) is 0 Å². The fourth-order valence-electron chi connectivity index (χ4n) is 2.54. The van der Waals surface area contributed by atoms with Crippen LogP contribution in [-0.2, 0) is 10.0 Å². The van der Waals surface area contributed by atoms with Crippen LogP contribution in [0.3, 0.4) is 0 Å². The summed E-state index contributed by atoms with van der Waals surface area (Å²) in [5.41, 5.74) is 0.688. The summed E-state index contributed by atoms with van der Waals surface area (Å²) in [4.78, 5) is 14.9. The number of hydrogen-bond donors (Lipinski definition) is 3. The second-order valence-corrected chi connectivity index (χ2v) is 8.20. The first-order chi connectivity index (χ1) is 13.3. The Morgan fingerprint density at radius 3 is 2.61 bits per heavy atom. The van der Waals surface area contributed by atoms with E-state index in [2.05, 4.69) is 15.0 Å². The molecule has 0 unspecified atom stereocenters. The fourth-order valence-corrected chi connectivity index (χ4v) is 3.80. The third-order valence-corrected chi connectivity index (χ3v) is 5.61. The highest BCUT2D eigenvalue weighted by atomic mass is 35.5. The molecule has 146 valence electrons. The van der Waals surface area contributed by atoms with Gasteiger partial charge in [0.05, 0.1) is 11.7 Å². The topological polar surface area (TPSA) is 91.1 Å². The van der Waals surface area contributed by atoms with Gasteiger partial charge in [-0.3, -0.25) is 9.52 Å². The van der Waals surface area contributed by atoms with Crippen LogP contribution in [0, 0.1) is 5.82 Å². The van der Waals surface area contributed by atoms with Crippen molar-refractivity contribution >= 4 is 33.2 Å². The maximum atomic E-state index is 13.7. The van der Waals surface area contributed by atoms with E-state index in [1.807, 2.05) is 6.07 Å². The van der Waals surface area contributed by atoms with Crippen molar-refractivity contribution in [3.05, 3.63) is 82.9 Å². The van der Waals surface area contributed by atoms with Gasteiger partial charge in [0, 0.05) is 11.2 Å². The molecule has 0 fully saturated rings. The van der Waals surface area contributed by atoms with Crippen molar-refractivity contribution in [1.29, 1.82) is 0 Å². The largest absolute Gasteiger partial charge is 0.356 e. The number of aromatic nitrogens is 1. The third kappa shape index (κ3) is 4.52. The molecule has 2 aromatic carbocycles. The van der Waals surface area contributed by atoms with Crippen LogP contribution in [0.1, 0.15) is 29.0 Å². The van der Waals surface area contributed by atoms with E-state index < -0.39 is 21.7 Å². The highest BCUT2D eigenvalue weighted by molar-refractivity contribution is 7.92. The van der Waals surface area contributed by atoms with Gasteiger partial charge in [-0.05, 0) is 42.8 Å². The molecule has 0 aliphatic rings. The van der Waals surface area contributed by atoms with Gasteiger partial charge in [0.2, 0.25) is 0 Å². The Hall–Kier alpha value is -2.84. The first kappa shape index (κ1) is 19.9. The smallest absolute Gasteiger partial charge is 0.268 e. The molecule has 1 aromatic heterocycles. The summed E-state index contributed by atoms with van der Waals surface area (Å²) in [5.74, 6) is -1.19. The Kier molecular flexibility index (Phi) is 5.71. The standard InChI is InChI=1S/C19H17ClFN3O3S/c1-12(13-5-4-6-14(20)9-13)23-19(25)18-10-15(11-22-18)28(26,27)24-17-8-3-2-7-16(17)21/h2-12,22,24H,1H3,(H,23,25)/t12-/m1/s1. The normalized spacial score (nSPS) is 12.4. The van der Waals surface area contributed by atoms with Crippen LogP contribution < -0.4 is 10.0 Å². The van der Waals surface area contributed by atoms with Crippen molar-refractivity contribution in [2.75, 3.05) is 4.72 Å². The molecular formula is C19H17ClFN3O3S. The quantitative estimate of drug-likeness (QED) is 0.559. The SMILES string of the molecule is C[C@@H](NC(=O)c1cc(S(=O)(=O)Nc2ccccc2F)c[nH]1)c1cccc(Cl)c1. The van der Waals surface area contributed by atoms with E-state index in [0.717, 1.165) is 11.6 Å². The van der Waals surface area contributed by atoms with Crippen LogP contribution in [0.15, 0.2) is 65.7 Å². The zero-order chi connectivity index (χ0) is 20.3. The van der Waals surface area contributed by atoms with Gasteiger partial charge in [0.15, 0.2) is 0 Å². The van der Waals surface area contributed by atoms with E-state index in [-0.39, 0.29) is 22.3 Å². The molecule has 3 N–H and O–H groups in total. The molecular weight excluding hydrogens is 405 g/mol. The summed E-state index contributed by atoms with van der Waals surface area (Å²) in [6, 6.07) is 13.3. The summed E-state index contributed by atoms with van der Waals surface area (Å²) in [7, 11) is -4.05. The molecule has 0 spiro atoms. The molecule has 0 aliphatic carbocycles. The van der Waals surface area contributed by atoms with Crippen LogP contribution in [-0.4, -0.2) is 19.3 Å². The Bertz CT molecular complexity index is 1110. The lowest BCUT2D eigenvalue weighted by atomic mass is 10.1. The summed E-state index contributed by atoms with van der Waals surface area (Å²) < 4.78 is 40.7. The lowest BCUT2D eigenvalue weighted by Crippen LogP contribution is -2.26. The molecule has 0 radical (unpaired) electrons. The molecule has 0 aliphatic heterocycles.